The Balaban J connectivity index is 0.00000484. The quantitative estimate of drug-likeness (QED) is 0.257. The van der Waals surface area contributed by atoms with E-state index < -0.39 is 0 Å². The molecule has 0 unspecified atom stereocenters. The van der Waals surface area contributed by atoms with Gasteiger partial charge in [-0.1, -0.05) is 18.2 Å². The van der Waals surface area contributed by atoms with Crippen molar-refractivity contribution in [3.63, 3.8) is 0 Å². The largest absolute Gasteiger partial charge is 0.496 e. The molecule has 0 heterocycles. The number of rotatable bonds is 10. The summed E-state index contributed by atoms with van der Waals surface area (Å²) in [5, 5.41) is 6.61. The summed E-state index contributed by atoms with van der Waals surface area (Å²) in [6.07, 6.45) is 2.13. The molecule has 0 aromatic heterocycles. The molecule has 0 saturated carbocycles. The number of benzene rings is 1. The van der Waals surface area contributed by atoms with E-state index in [0.29, 0.717) is 6.54 Å². The van der Waals surface area contributed by atoms with Gasteiger partial charge in [-0.25, -0.2) is 4.99 Å². The van der Waals surface area contributed by atoms with Gasteiger partial charge in [0.2, 0.25) is 0 Å². The van der Waals surface area contributed by atoms with Gasteiger partial charge in [0.25, 0.3) is 0 Å². The van der Waals surface area contributed by atoms with Crippen LogP contribution in [0.1, 0.15) is 32.3 Å². The third-order valence-corrected chi connectivity index (χ3v) is 3.16. The first-order valence-corrected chi connectivity index (χ1v) is 8.03. The summed E-state index contributed by atoms with van der Waals surface area (Å²) in [4.78, 5) is 4.61. The summed E-state index contributed by atoms with van der Waals surface area (Å²) in [6, 6.07) is 7.96. The van der Waals surface area contributed by atoms with Crippen LogP contribution in [0.5, 0.6) is 5.75 Å². The van der Waals surface area contributed by atoms with E-state index in [4.69, 9.17) is 9.47 Å². The van der Waals surface area contributed by atoms with E-state index in [2.05, 4.69) is 22.5 Å². The van der Waals surface area contributed by atoms with Crippen molar-refractivity contribution >= 4 is 29.9 Å². The van der Waals surface area contributed by atoms with Crippen molar-refractivity contribution in [2.45, 2.75) is 33.2 Å². The predicted octanol–water partition coefficient (Wildman–Crippen LogP) is 3.19. The Morgan fingerprint density at radius 1 is 1.13 bits per heavy atom. The van der Waals surface area contributed by atoms with Crippen molar-refractivity contribution in [3.8, 4) is 5.75 Å². The average Bonchev–Trinajstić information content (AvgIpc) is 2.56. The lowest BCUT2D eigenvalue weighted by Gasteiger charge is -2.12. The molecule has 0 saturated heterocycles. The molecule has 1 rings (SSSR count). The number of nitrogens with one attached hydrogen (secondary N) is 2. The molecule has 2 N–H and O–H groups in total. The molecule has 6 heteroatoms. The first kappa shape index (κ1) is 22.0. The number of methoxy groups -OCH3 is 1. The Hall–Kier alpha value is -1.02. The fourth-order valence-corrected chi connectivity index (χ4v) is 2.02. The molecule has 1 aromatic carbocycles. The lowest BCUT2D eigenvalue weighted by molar-refractivity contribution is 0.143. The van der Waals surface area contributed by atoms with Crippen LogP contribution in [0.15, 0.2) is 29.3 Å². The van der Waals surface area contributed by atoms with Gasteiger partial charge in [0.05, 0.1) is 13.7 Å². The van der Waals surface area contributed by atoms with Gasteiger partial charge < -0.3 is 20.1 Å². The van der Waals surface area contributed by atoms with Crippen LogP contribution in [0.25, 0.3) is 0 Å². The van der Waals surface area contributed by atoms with Gasteiger partial charge in [0, 0.05) is 31.9 Å². The number of aliphatic imine (C=N–C) groups is 1. The number of ether oxygens (including phenoxy) is 2. The Morgan fingerprint density at radius 3 is 2.61 bits per heavy atom. The molecule has 0 aliphatic heterocycles. The van der Waals surface area contributed by atoms with Crippen LogP contribution in [0.3, 0.4) is 0 Å². The maximum absolute atomic E-state index is 5.35. The zero-order chi connectivity index (χ0) is 16.0. The lowest BCUT2D eigenvalue weighted by atomic mass is 10.2. The second-order valence-corrected chi connectivity index (χ2v) is 4.84. The van der Waals surface area contributed by atoms with Gasteiger partial charge in [-0.2, -0.15) is 0 Å². The number of nitrogens with zero attached hydrogens (tertiary/aromatic N) is 1. The van der Waals surface area contributed by atoms with Crippen LogP contribution in [0.2, 0.25) is 0 Å². The van der Waals surface area contributed by atoms with Crippen molar-refractivity contribution in [1.82, 2.24) is 10.6 Å². The van der Waals surface area contributed by atoms with Crippen LogP contribution >= 0.6 is 24.0 Å². The fraction of sp³-hybridized carbons (Fsp3) is 0.588. The van der Waals surface area contributed by atoms with Crippen molar-refractivity contribution in [3.05, 3.63) is 29.8 Å². The number of unbranched alkanes of at least 4 members (excludes halogenated alkanes) is 1. The maximum Gasteiger partial charge on any atom is 0.191 e. The van der Waals surface area contributed by atoms with Gasteiger partial charge >= 0.3 is 0 Å². The fourth-order valence-electron chi connectivity index (χ4n) is 2.02. The van der Waals surface area contributed by atoms with Crippen molar-refractivity contribution in [2.24, 2.45) is 4.99 Å². The molecule has 5 nitrogen and oxygen atoms in total. The van der Waals surface area contributed by atoms with Crippen LogP contribution in [-0.2, 0) is 11.3 Å². The van der Waals surface area contributed by atoms with Crippen molar-refractivity contribution in [1.29, 1.82) is 0 Å². The normalized spacial score (nSPS) is 10.8. The maximum atomic E-state index is 5.35. The van der Waals surface area contributed by atoms with E-state index in [0.717, 1.165) is 56.4 Å². The summed E-state index contributed by atoms with van der Waals surface area (Å²) < 4.78 is 10.7. The topological polar surface area (TPSA) is 54.9 Å². The van der Waals surface area contributed by atoms with E-state index in [1.54, 1.807) is 7.11 Å². The second kappa shape index (κ2) is 14.6. The summed E-state index contributed by atoms with van der Waals surface area (Å²) in [5.74, 6) is 1.71. The van der Waals surface area contributed by atoms with Crippen LogP contribution in [0.4, 0.5) is 0 Å². The summed E-state index contributed by atoms with van der Waals surface area (Å²) >= 11 is 0. The highest BCUT2D eigenvalue weighted by Crippen LogP contribution is 2.17. The van der Waals surface area contributed by atoms with Crippen LogP contribution < -0.4 is 15.4 Å². The van der Waals surface area contributed by atoms with E-state index in [1.807, 2.05) is 31.2 Å². The van der Waals surface area contributed by atoms with Gasteiger partial charge in [-0.15, -0.1) is 24.0 Å². The highest BCUT2D eigenvalue weighted by molar-refractivity contribution is 14.0. The summed E-state index contributed by atoms with van der Waals surface area (Å²) in [7, 11) is 1.68. The number of halogens is 1. The third kappa shape index (κ3) is 9.65. The third-order valence-electron chi connectivity index (χ3n) is 3.16. The number of hydrogen-bond acceptors (Lipinski definition) is 3. The summed E-state index contributed by atoms with van der Waals surface area (Å²) in [6.45, 7) is 8.03. The zero-order valence-corrected chi connectivity index (χ0v) is 16.8. The molecule has 1 aromatic rings. The minimum Gasteiger partial charge on any atom is -0.496 e. The van der Waals surface area contributed by atoms with E-state index in [1.165, 1.54) is 0 Å². The first-order chi connectivity index (χ1) is 10.8. The highest BCUT2D eigenvalue weighted by atomic mass is 127. The lowest BCUT2D eigenvalue weighted by Crippen LogP contribution is -2.37. The van der Waals surface area contributed by atoms with E-state index >= 15 is 0 Å². The van der Waals surface area contributed by atoms with Crippen LogP contribution in [0, 0.1) is 0 Å². The predicted molar refractivity (Wildman–Crippen MR) is 107 cm³/mol. The molecule has 0 aliphatic carbocycles. The van der Waals surface area contributed by atoms with E-state index in [-0.39, 0.29) is 24.0 Å². The van der Waals surface area contributed by atoms with Crippen molar-refractivity contribution < 1.29 is 9.47 Å². The average molecular weight is 435 g/mol. The molecule has 0 radical (unpaired) electrons. The smallest absolute Gasteiger partial charge is 0.191 e. The summed E-state index contributed by atoms with van der Waals surface area (Å²) in [5.41, 5.74) is 1.08. The molecule has 0 spiro atoms. The molecule has 132 valence electrons. The SMILES string of the molecule is CCNC(=NCc1ccccc1OC)NCCCCOCC.I. The van der Waals surface area contributed by atoms with Gasteiger partial charge in [-0.05, 0) is 32.8 Å². The van der Waals surface area contributed by atoms with E-state index in [9.17, 15) is 0 Å². The first-order valence-electron chi connectivity index (χ1n) is 8.03. The van der Waals surface area contributed by atoms with Crippen LogP contribution in [-0.4, -0.2) is 39.4 Å². The number of para-hydroxylation sites is 1. The molecular formula is C17H30IN3O2. The molecule has 0 atom stereocenters. The standard InChI is InChI=1S/C17H29N3O2.HI/c1-4-18-17(19-12-8-9-13-22-5-2)20-14-15-10-6-7-11-16(15)21-3;/h6-7,10-11H,4-5,8-9,12-14H2,1-3H3,(H2,18,19,20);1H. The highest BCUT2D eigenvalue weighted by Gasteiger charge is 2.02. The monoisotopic (exact) mass is 435 g/mol. The molecule has 0 fully saturated rings. The zero-order valence-electron chi connectivity index (χ0n) is 14.4. The Morgan fingerprint density at radius 2 is 1.91 bits per heavy atom. The molecule has 0 bridgehead atoms. The molecule has 23 heavy (non-hydrogen) atoms. The minimum atomic E-state index is 0. The van der Waals surface area contributed by atoms with Gasteiger partial charge in [-0.3, -0.25) is 0 Å². The second-order valence-electron chi connectivity index (χ2n) is 4.84. The Bertz CT molecular complexity index is 442. The number of hydrogen-bond donors (Lipinski definition) is 2. The number of guanidine groups is 1. The Kier molecular flexibility index (Phi) is 13.9. The van der Waals surface area contributed by atoms with Gasteiger partial charge in [0.15, 0.2) is 5.96 Å². The minimum absolute atomic E-state index is 0. The molecule has 0 aliphatic rings. The molecular weight excluding hydrogens is 405 g/mol. The molecule has 0 amide bonds. The Labute approximate surface area is 157 Å². The van der Waals surface area contributed by atoms with Gasteiger partial charge in [0.1, 0.15) is 5.75 Å². The van der Waals surface area contributed by atoms with Crippen molar-refractivity contribution in [2.75, 3.05) is 33.4 Å².